The van der Waals surface area contributed by atoms with Crippen LogP contribution in [0.2, 0.25) is 5.02 Å². The van der Waals surface area contributed by atoms with E-state index in [1.165, 1.54) is 7.11 Å². The van der Waals surface area contributed by atoms with E-state index in [4.69, 9.17) is 31.9 Å². The van der Waals surface area contributed by atoms with E-state index in [1.807, 2.05) is 0 Å². The van der Waals surface area contributed by atoms with Crippen molar-refractivity contribution < 1.29 is 24.2 Å². The molecule has 1 amide bonds. The van der Waals surface area contributed by atoms with E-state index in [0.717, 1.165) is 0 Å². The molecule has 7 nitrogen and oxygen atoms in total. The maximum Gasteiger partial charge on any atom is 0.252 e. The van der Waals surface area contributed by atoms with Crippen molar-refractivity contribution in [2.75, 3.05) is 13.7 Å². The summed E-state index contributed by atoms with van der Waals surface area (Å²) < 4.78 is 11.2. The number of methoxy groups -OCH3 is 1. The van der Waals surface area contributed by atoms with Gasteiger partial charge < -0.3 is 20.3 Å². The van der Waals surface area contributed by atoms with E-state index in [-0.39, 0.29) is 24.4 Å². The maximum atomic E-state index is 12.1. The van der Waals surface area contributed by atoms with Crippen LogP contribution in [0, 0.1) is 0 Å². The minimum absolute atomic E-state index is 0.0667. The van der Waals surface area contributed by atoms with Crippen LogP contribution in [-0.2, 0) is 11.2 Å². The van der Waals surface area contributed by atoms with E-state index in [0.29, 0.717) is 58.0 Å². The van der Waals surface area contributed by atoms with Crippen LogP contribution in [0.25, 0.3) is 10.9 Å². The quantitative estimate of drug-likeness (QED) is 0.458. The third kappa shape index (κ3) is 5.51. The number of fused-ring (bicyclic) bond motifs is 1. The standard InChI is InChI=1S/C23H23ClN2O5/c1-30-22-13-20-17(12-18(22)23(25)29)21(7-8-26-20)31-16-6-5-14(19(24)11-16)10-15(28)4-2-3-9-27/h5-8,11-13,27H,2-4,9-10H2,1H3,(H2,25,29). The molecule has 0 spiro atoms. The highest BCUT2D eigenvalue weighted by Gasteiger charge is 2.15. The van der Waals surface area contributed by atoms with Crippen LogP contribution in [0.3, 0.4) is 0 Å². The summed E-state index contributed by atoms with van der Waals surface area (Å²) in [7, 11) is 1.45. The highest BCUT2D eigenvalue weighted by Crippen LogP contribution is 2.34. The molecule has 0 radical (unpaired) electrons. The first-order valence-corrected chi connectivity index (χ1v) is 10.2. The number of ether oxygens (including phenoxy) is 2. The number of Topliss-reactive ketones (excluding diaryl/α,β-unsaturated/α-hetero) is 1. The number of primary amides is 1. The number of ketones is 1. The lowest BCUT2D eigenvalue weighted by molar-refractivity contribution is -0.118. The minimum Gasteiger partial charge on any atom is -0.496 e. The number of rotatable bonds is 10. The smallest absolute Gasteiger partial charge is 0.252 e. The molecule has 3 rings (SSSR count). The van der Waals surface area contributed by atoms with Gasteiger partial charge in [-0.1, -0.05) is 17.7 Å². The maximum absolute atomic E-state index is 12.1. The second-order valence-electron chi connectivity index (χ2n) is 6.99. The monoisotopic (exact) mass is 442 g/mol. The van der Waals surface area contributed by atoms with Crippen molar-refractivity contribution in [3.05, 3.63) is 58.7 Å². The third-order valence-corrected chi connectivity index (χ3v) is 5.14. The van der Waals surface area contributed by atoms with Gasteiger partial charge in [-0.15, -0.1) is 0 Å². The molecule has 0 saturated heterocycles. The number of hydrogen-bond acceptors (Lipinski definition) is 6. The van der Waals surface area contributed by atoms with Crippen molar-refractivity contribution in [3.63, 3.8) is 0 Å². The number of benzene rings is 2. The molecule has 31 heavy (non-hydrogen) atoms. The number of aliphatic hydroxyl groups excluding tert-OH is 1. The Bertz CT molecular complexity index is 1120. The number of nitrogens with zero attached hydrogens (tertiary/aromatic N) is 1. The number of carbonyl (C=O) groups is 2. The van der Waals surface area contributed by atoms with E-state index < -0.39 is 5.91 Å². The Morgan fingerprint density at radius 3 is 2.61 bits per heavy atom. The van der Waals surface area contributed by atoms with Gasteiger partial charge in [-0.3, -0.25) is 14.6 Å². The fourth-order valence-electron chi connectivity index (χ4n) is 3.20. The summed E-state index contributed by atoms with van der Waals surface area (Å²) in [5.41, 5.74) is 6.97. The minimum atomic E-state index is -0.621. The summed E-state index contributed by atoms with van der Waals surface area (Å²) in [6, 6.07) is 10.0. The molecule has 1 aromatic heterocycles. The molecule has 0 aliphatic rings. The Balaban J connectivity index is 1.84. The number of nitrogens with two attached hydrogens (primary N) is 1. The number of amides is 1. The average Bonchev–Trinajstić information content (AvgIpc) is 2.75. The Morgan fingerprint density at radius 1 is 1.13 bits per heavy atom. The number of aromatic nitrogens is 1. The van der Waals surface area contributed by atoms with Crippen molar-refractivity contribution in [2.45, 2.75) is 25.7 Å². The molecule has 162 valence electrons. The summed E-state index contributed by atoms with van der Waals surface area (Å²) >= 11 is 6.36. The normalized spacial score (nSPS) is 10.8. The first-order chi connectivity index (χ1) is 14.9. The average molecular weight is 443 g/mol. The van der Waals surface area contributed by atoms with E-state index in [1.54, 1.807) is 42.6 Å². The van der Waals surface area contributed by atoms with Crippen LogP contribution < -0.4 is 15.2 Å². The van der Waals surface area contributed by atoms with Crippen LogP contribution in [0.4, 0.5) is 0 Å². The molecule has 0 fully saturated rings. The van der Waals surface area contributed by atoms with Crippen LogP contribution >= 0.6 is 11.6 Å². The fourth-order valence-corrected chi connectivity index (χ4v) is 3.43. The fraction of sp³-hybridized carbons (Fsp3) is 0.261. The molecule has 3 N–H and O–H groups in total. The second-order valence-corrected chi connectivity index (χ2v) is 7.40. The van der Waals surface area contributed by atoms with Gasteiger partial charge >= 0.3 is 0 Å². The molecule has 0 bridgehead atoms. The number of halogens is 1. The molecule has 1 heterocycles. The summed E-state index contributed by atoms with van der Waals surface area (Å²) in [4.78, 5) is 28.1. The molecule has 0 saturated carbocycles. The first kappa shape index (κ1) is 22.5. The van der Waals surface area contributed by atoms with Crippen molar-refractivity contribution in [1.82, 2.24) is 4.98 Å². The number of hydrogen-bond donors (Lipinski definition) is 2. The Kier molecular flexibility index (Phi) is 7.44. The van der Waals surface area contributed by atoms with Gasteiger partial charge in [0, 0.05) is 42.1 Å². The van der Waals surface area contributed by atoms with Crippen LogP contribution in [-0.4, -0.2) is 35.5 Å². The lowest BCUT2D eigenvalue weighted by atomic mass is 10.0. The molecule has 0 atom stereocenters. The van der Waals surface area contributed by atoms with Crippen molar-refractivity contribution in [2.24, 2.45) is 5.73 Å². The van der Waals surface area contributed by atoms with Crippen LogP contribution in [0.5, 0.6) is 17.2 Å². The lowest BCUT2D eigenvalue weighted by Crippen LogP contribution is -2.12. The summed E-state index contributed by atoms with van der Waals surface area (Å²) in [5, 5.41) is 9.84. The van der Waals surface area contributed by atoms with Gasteiger partial charge in [0.15, 0.2) is 0 Å². The number of unbranched alkanes of at least 4 members (excludes halogenated alkanes) is 1. The highest BCUT2D eigenvalue weighted by atomic mass is 35.5. The van der Waals surface area contributed by atoms with E-state index in [2.05, 4.69) is 4.98 Å². The Morgan fingerprint density at radius 2 is 1.94 bits per heavy atom. The molecule has 3 aromatic rings. The van der Waals surface area contributed by atoms with E-state index >= 15 is 0 Å². The van der Waals surface area contributed by atoms with Crippen molar-refractivity contribution in [3.8, 4) is 17.2 Å². The van der Waals surface area contributed by atoms with Gasteiger partial charge in [0.2, 0.25) is 0 Å². The predicted molar refractivity (Wildman–Crippen MR) is 118 cm³/mol. The van der Waals surface area contributed by atoms with Gasteiger partial charge in [-0.25, -0.2) is 0 Å². The molecular weight excluding hydrogens is 420 g/mol. The SMILES string of the molecule is COc1cc2nccc(Oc3ccc(CC(=O)CCCCO)c(Cl)c3)c2cc1C(N)=O. The highest BCUT2D eigenvalue weighted by molar-refractivity contribution is 6.31. The van der Waals surface area contributed by atoms with Gasteiger partial charge in [0.05, 0.1) is 18.2 Å². The largest absolute Gasteiger partial charge is 0.496 e. The van der Waals surface area contributed by atoms with E-state index in [9.17, 15) is 9.59 Å². The molecule has 0 aliphatic carbocycles. The van der Waals surface area contributed by atoms with Gasteiger partial charge in [0.1, 0.15) is 23.0 Å². The summed E-state index contributed by atoms with van der Waals surface area (Å²) in [6.07, 6.45) is 3.48. The zero-order valence-corrected chi connectivity index (χ0v) is 17.8. The zero-order valence-electron chi connectivity index (χ0n) is 17.1. The molecule has 0 aliphatic heterocycles. The topological polar surface area (TPSA) is 112 Å². The zero-order chi connectivity index (χ0) is 22.4. The van der Waals surface area contributed by atoms with Gasteiger partial charge in [-0.2, -0.15) is 0 Å². The predicted octanol–water partition coefficient (Wildman–Crippen LogP) is 4.06. The third-order valence-electron chi connectivity index (χ3n) is 4.79. The summed E-state index contributed by atoms with van der Waals surface area (Å²) in [6.45, 7) is 0.0808. The number of aliphatic hydroxyl groups is 1. The number of carbonyl (C=O) groups excluding carboxylic acids is 2. The molecular formula is C23H23ClN2O5. The van der Waals surface area contributed by atoms with Gasteiger partial charge in [-0.05, 0) is 42.7 Å². The first-order valence-electron chi connectivity index (χ1n) is 9.78. The van der Waals surface area contributed by atoms with Crippen molar-refractivity contribution >= 4 is 34.2 Å². The molecule has 2 aromatic carbocycles. The van der Waals surface area contributed by atoms with Gasteiger partial charge in [0.25, 0.3) is 5.91 Å². The Labute approximate surface area is 184 Å². The lowest BCUT2D eigenvalue weighted by Gasteiger charge is -2.12. The van der Waals surface area contributed by atoms with Crippen LogP contribution in [0.15, 0.2) is 42.6 Å². The van der Waals surface area contributed by atoms with Crippen molar-refractivity contribution in [1.29, 1.82) is 0 Å². The summed E-state index contributed by atoms with van der Waals surface area (Å²) in [5.74, 6) is 0.729. The molecule has 0 unspecified atom stereocenters. The second kappa shape index (κ2) is 10.2. The number of pyridine rings is 1. The molecule has 8 heteroatoms. The Hall–Kier alpha value is -3.16. The van der Waals surface area contributed by atoms with Crippen LogP contribution in [0.1, 0.15) is 35.2 Å².